The molecule has 4 nitrogen and oxygen atoms in total. The van der Waals surface area contributed by atoms with Gasteiger partial charge < -0.3 is 10.0 Å². The van der Waals surface area contributed by atoms with Crippen LogP contribution < -0.4 is 0 Å². The maximum Gasteiger partial charge on any atom is 0.326 e. The van der Waals surface area contributed by atoms with Crippen LogP contribution in [0.15, 0.2) is 30.3 Å². The minimum atomic E-state index is -0.947. The average molecular weight is 280 g/mol. The van der Waals surface area contributed by atoms with E-state index < -0.39 is 12.0 Å². The molecule has 0 saturated carbocycles. The summed E-state index contributed by atoms with van der Waals surface area (Å²) in [7, 11) is 0. The van der Waals surface area contributed by atoms with Crippen LogP contribution in [0.1, 0.15) is 18.4 Å². The van der Waals surface area contributed by atoms with Crippen molar-refractivity contribution in [2.24, 2.45) is 0 Å². The van der Waals surface area contributed by atoms with Gasteiger partial charge in [0.2, 0.25) is 5.91 Å². The van der Waals surface area contributed by atoms with Gasteiger partial charge in [-0.15, -0.1) is 0 Å². The predicted molar refractivity (Wildman–Crippen MR) is 72.9 cm³/mol. The number of carbonyl (C=O) groups excluding carboxylic acids is 1. The van der Waals surface area contributed by atoms with Crippen LogP contribution in [0.5, 0.6) is 0 Å². The fraction of sp³-hybridized carbons (Fsp3) is 0.286. The molecule has 0 aliphatic carbocycles. The zero-order valence-electron chi connectivity index (χ0n) is 10.3. The van der Waals surface area contributed by atoms with Gasteiger partial charge in [0.25, 0.3) is 0 Å². The van der Waals surface area contributed by atoms with E-state index in [9.17, 15) is 9.59 Å². The summed E-state index contributed by atoms with van der Waals surface area (Å²) in [5.41, 5.74) is 0.739. The number of amides is 1. The molecule has 1 atom stereocenters. The largest absolute Gasteiger partial charge is 0.480 e. The van der Waals surface area contributed by atoms with Crippen LogP contribution in [0.4, 0.5) is 0 Å². The van der Waals surface area contributed by atoms with Crippen molar-refractivity contribution < 1.29 is 14.7 Å². The van der Waals surface area contributed by atoms with Crippen LogP contribution >= 0.6 is 11.6 Å². The second kappa shape index (κ2) is 5.89. The lowest BCUT2D eigenvalue weighted by Gasteiger charge is -2.19. The fourth-order valence-electron chi connectivity index (χ4n) is 2.15. The van der Waals surface area contributed by atoms with Crippen LogP contribution in [-0.2, 0) is 9.59 Å². The number of rotatable bonds is 3. The first-order valence-corrected chi connectivity index (χ1v) is 6.43. The number of hydrogen-bond donors (Lipinski definition) is 1. The molecule has 0 bridgehead atoms. The Morgan fingerprint density at radius 2 is 2.11 bits per heavy atom. The third kappa shape index (κ3) is 3.15. The number of likely N-dealkylation sites (tertiary alicyclic amines) is 1. The zero-order chi connectivity index (χ0) is 13.8. The molecule has 0 spiro atoms. The number of aliphatic carboxylic acids is 1. The topological polar surface area (TPSA) is 57.6 Å². The Kier molecular flexibility index (Phi) is 4.22. The van der Waals surface area contributed by atoms with Crippen molar-refractivity contribution in [3.8, 4) is 0 Å². The SMILES string of the molecule is O=C(O)C1CCCN1C(=O)C=Cc1ccccc1Cl. The number of carboxylic acid groups (broad SMARTS) is 1. The van der Waals surface area contributed by atoms with Crippen molar-refractivity contribution in [2.75, 3.05) is 6.54 Å². The van der Waals surface area contributed by atoms with Crippen LogP contribution in [0, 0.1) is 0 Å². The molecule has 1 saturated heterocycles. The van der Waals surface area contributed by atoms with E-state index in [1.54, 1.807) is 18.2 Å². The van der Waals surface area contributed by atoms with Crippen LogP contribution in [-0.4, -0.2) is 34.5 Å². The lowest BCUT2D eigenvalue weighted by molar-refractivity contribution is -0.146. The number of hydrogen-bond acceptors (Lipinski definition) is 2. The molecule has 1 unspecified atom stereocenters. The van der Waals surface area contributed by atoms with Crippen molar-refractivity contribution in [3.63, 3.8) is 0 Å². The summed E-state index contributed by atoms with van der Waals surface area (Å²) < 4.78 is 0. The fourth-order valence-corrected chi connectivity index (χ4v) is 2.35. The number of halogens is 1. The Morgan fingerprint density at radius 1 is 1.37 bits per heavy atom. The van der Waals surface area contributed by atoms with E-state index in [4.69, 9.17) is 16.7 Å². The van der Waals surface area contributed by atoms with Gasteiger partial charge in [-0.1, -0.05) is 29.8 Å². The maximum absolute atomic E-state index is 12.0. The Morgan fingerprint density at radius 3 is 2.79 bits per heavy atom. The monoisotopic (exact) mass is 279 g/mol. The standard InChI is InChI=1S/C14H14ClNO3/c15-11-5-2-1-4-10(11)7-8-13(17)16-9-3-6-12(16)14(18)19/h1-2,4-5,7-8,12H,3,6,9H2,(H,18,19). The quantitative estimate of drug-likeness (QED) is 0.865. The molecule has 1 aromatic carbocycles. The highest BCUT2D eigenvalue weighted by Gasteiger charge is 2.32. The maximum atomic E-state index is 12.0. The van der Waals surface area contributed by atoms with Gasteiger partial charge in [-0.3, -0.25) is 4.79 Å². The molecule has 1 aliphatic rings. The Hall–Kier alpha value is -1.81. The minimum absolute atomic E-state index is 0.287. The van der Waals surface area contributed by atoms with Gasteiger partial charge >= 0.3 is 5.97 Å². The molecular weight excluding hydrogens is 266 g/mol. The summed E-state index contributed by atoms with van der Waals surface area (Å²) in [5, 5.41) is 9.58. The molecule has 100 valence electrons. The van der Waals surface area contributed by atoms with Crippen molar-refractivity contribution >= 4 is 29.6 Å². The van der Waals surface area contributed by atoms with Gasteiger partial charge in [-0.25, -0.2) is 4.79 Å². The van der Waals surface area contributed by atoms with Crippen molar-refractivity contribution in [1.82, 2.24) is 4.90 Å². The number of benzene rings is 1. The van der Waals surface area contributed by atoms with Gasteiger partial charge in [0.05, 0.1) is 0 Å². The minimum Gasteiger partial charge on any atom is -0.480 e. The zero-order valence-corrected chi connectivity index (χ0v) is 11.0. The lowest BCUT2D eigenvalue weighted by atomic mass is 10.2. The summed E-state index contributed by atoms with van der Waals surface area (Å²) in [4.78, 5) is 24.4. The summed E-state index contributed by atoms with van der Waals surface area (Å²) in [6.07, 6.45) is 4.23. The molecule has 1 aromatic rings. The molecule has 0 aromatic heterocycles. The molecule has 1 aliphatic heterocycles. The summed E-state index contributed by atoms with van der Waals surface area (Å²) in [6.45, 7) is 0.489. The van der Waals surface area contributed by atoms with Crippen molar-refractivity contribution in [2.45, 2.75) is 18.9 Å². The molecular formula is C14H14ClNO3. The van der Waals surface area contributed by atoms with E-state index >= 15 is 0 Å². The predicted octanol–water partition coefficient (Wildman–Crippen LogP) is 2.43. The average Bonchev–Trinajstić information content (AvgIpc) is 2.87. The second-order valence-electron chi connectivity index (χ2n) is 4.38. The molecule has 0 radical (unpaired) electrons. The first-order chi connectivity index (χ1) is 9.09. The highest BCUT2D eigenvalue weighted by molar-refractivity contribution is 6.32. The van der Waals surface area contributed by atoms with E-state index in [0.29, 0.717) is 18.0 Å². The van der Waals surface area contributed by atoms with E-state index in [1.807, 2.05) is 12.1 Å². The van der Waals surface area contributed by atoms with Gasteiger partial charge in [0, 0.05) is 17.6 Å². The van der Waals surface area contributed by atoms with E-state index in [1.165, 1.54) is 11.0 Å². The molecule has 1 fully saturated rings. The third-order valence-corrected chi connectivity index (χ3v) is 3.48. The molecule has 19 heavy (non-hydrogen) atoms. The first-order valence-electron chi connectivity index (χ1n) is 6.05. The molecule has 1 heterocycles. The Bertz CT molecular complexity index is 527. The van der Waals surface area contributed by atoms with Gasteiger partial charge in [-0.05, 0) is 30.5 Å². The second-order valence-corrected chi connectivity index (χ2v) is 4.79. The van der Waals surface area contributed by atoms with Gasteiger partial charge in [0.1, 0.15) is 6.04 Å². The smallest absolute Gasteiger partial charge is 0.326 e. The van der Waals surface area contributed by atoms with Gasteiger partial charge in [0.15, 0.2) is 0 Å². The molecule has 1 N–H and O–H groups in total. The van der Waals surface area contributed by atoms with Crippen molar-refractivity contribution in [3.05, 3.63) is 40.9 Å². The number of nitrogens with zero attached hydrogens (tertiary/aromatic N) is 1. The summed E-state index contributed by atoms with van der Waals surface area (Å²) in [6, 6.07) is 6.46. The van der Waals surface area contributed by atoms with E-state index in [0.717, 1.165) is 12.0 Å². The van der Waals surface area contributed by atoms with Crippen molar-refractivity contribution in [1.29, 1.82) is 0 Å². The highest BCUT2D eigenvalue weighted by Crippen LogP contribution is 2.19. The molecule has 2 rings (SSSR count). The van der Waals surface area contributed by atoms with Crippen LogP contribution in [0.2, 0.25) is 5.02 Å². The molecule has 5 heteroatoms. The normalized spacial score (nSPS) is 19.0. The van der Waals surface area contributed by atoms with Crippen LogP contribution in [0.25, 0.3) is 6.08 Å². The Labute approximate surface area is 116 Å². The molecule has 1 amide bonds. The summed E-state index contributed by atoms with van der Waals surface area (Å²) >= 11 is 5.98. The third-order valence-electron chi connectivity index (χ3n) is 3.13. The van der Waals surface area contributed by atoms with Crippen LogP contribution in [0.3, 0.4) is 0 Å². The Balaban J connectivity index is 2.09. The van der Waals surface area contributed by atoms with Gasteiger partial charge in [-0.2, -0.15) is 0 Å². The number of carbonyl (C=O) groups is 2. The highest BCUT2D eigenvalue weighted by atomic mass is 35.5. The van der Waals surface area contributed by atoms with E-state index in [2.05, 4.69) is 0 Å². The first kappa shape index (κ1) is 13.6. The number of carboxylic acids is 1. The lowest BCUT2D eigenvalue weighted by Crippen LogP contribution is -2.39. The summed E-state index contributed by atoms with van der Waals surface area (Å²) in [5.74, 6) is -1.23. The van der Waals surface area contributed by atoms with E-state index in [-0.39, 0.29) is 5.91 Å².